The van der Waals surface area contributed by atoms with Crippen molar-refractivity contribution in [1.29, 1.82) is 0 Å². The van der Waals surface area contributed by atoms with Crippen LogP contribution in [0.1, 0.15) is 12.8 Å². The number of hydrogen-bond donors (Lipinski definition) is 0. The molecule has 1 aliphatic rings. The van der Waals surface area contributed by atoms with Crippen molar-refractivity contribution in [2.24, 2.45) is 5.92 Å². The van der Waals surface area contributed by atoms with Crippen molar-refractivity contribution in [1.82, 2.24) is 14.6 Å². The van der Waals surface area contributed by atoms with Crippen molar-refractivity contribution >= 4 is 22.9 Å². The van der Waals surface area contributed by atoms with Gasteiger partial charge in [-0.05, 0) is 24.8 Å². The normalized spacial score (nSPS) is 21.0. The Morgan fingerprint density at radius 2 is 2.35 bits per heavy atom. The average molecular weight is 251 g/mol. The lowest BCUT2D eigenvalue weighted by Crippen LogP contribution is -2.36. The van der Waals surface area contributed by atoms with Crippen LogP contribution in [0, 0.1) is 5.92 Å². The molecule has 90 valence electrons. The second kappa shape index (κ2) is 4.53. The quantitative estimate of drug-likeness (QED) is 0.766. The molecule has 4 nitrogen and oxygen atoms in total. The molecule has 0 saturated carbocycles. The van der Waals surface area contributed by atoms with E-state index in [-0.39, 0.29) is 0 Å². The van der Waals surface area contributed by atoms with Crippen LogP contribution < -0.4 is 4.90 Å². The third kappa shape index (κ3) is 1.97. The van der Waals surface area contributed by atoms with Gasteiger partial charge in [0.2, 0.25) is 0 Å². The van der Waals surface area contributed by atoms with Crippen molar-refractivity contribution in [2.75, 3.05) is 23.9 Å². The average Bonchev–Trinajstić information content (AvgIpc) is 2.87. The highest BCUT2D eigenvalue weighted by atomic mass is 35.5. The van der Waals surface area contributed by atoms with Gasteiger partial charge in [0.25, 0.3) is 0 Å². The van der Waals surface area contributed by atoms with E-state index in [9.17, 15) is 0 Å². The number of hydrogen-bond acceptors (Lipinski definition) is 3. The number of fused-ring (bicyclic) bond motifs is 1. The van der Waals surface area contributed by atoms with Gasteiger partial charge in [0, 0.05) is 31.4 Å². The van der Waals surface area contributed by atoms with Gasteiger partial charge >= 0.3 is 0 Å². The maximum atomic E-state index is 5.97. The second-order valence-electron chi connectivity index (χ2n) is 4.52. The number of rotatable bonds is 2. The Morgan fingerprint density at radius 1 is 1.41 bits per heavy atom. The SMILES string of the molecule is ClCC1CCCN(c2nccn3nccc23)C1. The first-order chi connectivity index (χ1) is 8.38. The Morgan fingerprint density at radius 3 is 3.24 bits per heavy atom. The Balaban J connectivity index is 1.94. The molecule has 17 heavy (non-hydrogen) atoms. The number of nitrogens with zero attached hydrogens (tertiary/aromatic N) is 4. The fraction of sp³-hybridized carbons (Fsp3) is 0.500. The van der Waals surface area contributed by atoms with E-state index in [0.717, 1.165) is 30.3 Å². The van der Waals surface area contributed by atoms with Crippen LogP contribution in [-0.4, -0.2) is 33.6 Å². The van der Waals surface area contributed by atoms with Crippen molar-refractivity contribution in [3.05, 3.63) is 24.7 Å². The lowest BCUT2D eigenvalue weighted by atomic mass is 10.00. The predicted molar refractivity (Wildman–Crippen MR) is 68.6 cm³/mol. The molecule has 0 N–H and O–H groups in total. The molecular weight excluding hydrogens is 236 g/mol. The first-order valence-electron chi connectivity index (χ1n) is 5.98. The van der Waals surface area contributed by atoms with E-state index < -0.39 is 0 Å². The molecule has 3 rings (SSSR count). The molecule has 1 unspecified atom stereocenters. The van der Waals surface area contributed by atoms with E-state index in [0.29, 0.717) is 5.92 Å². The third-order valence-electron chi connectivity index (χ3n) is 3.34. The zero-order chi connectivity index (χ0) is 11.7. The molecule has 1 saturated heterocycles. The van der Waals surface area contributed by atoms with Crippen LogP contribution in [0.5, 0.6) is 0 Å². The predicted octanol–water partition coefficient (Wildman–Crippen LogP) is 2.18. The van der Waals surface area contributed by atoms with Crippen LogP contribution in [0.25, 0.3) is 5.52 Å². The lowest BCUT2D eigenvalue weighted by Gasteiger charge is -2.32. The van der Waals surface area contributed by atoms with Crippen LogP contribution in [0.3, 0.4) is 0 Å². The van der Waals surface area contributed by atoms with Crippen LogP contribution >= 0.6 is 11.6 Å². The summed E-state index contributed by atoms with van der Waals surface area (Å²) in [4.78, 5) is 6.82. The van der Waals surface area contributed by atoms with Crippen LogP contribution in [-0.2, 0) is 0 Å². The summed E-state index contributed by atoms with van der Waals surface area (Å²) in [7, 11) is 0. The highest BCUT2D eigenvalue weighted by molar-refractivity contribution is 6.18. The zero-order valence-corrected chi connectivity index (χ0v) is 10.3. The zero-order valence-electron chi connectivity index (χ0n) is 9.59. The summed E-state index contributed by atoms with van der Waals surface area (Å²) in [6.07, 6.45) is 7.90. The van der Waals surface area contributed by atoms with E-state index in [1.807, 2.05) is 23.0 Å². The van der Waals surface area contributed by atoms with E-state index in [4.69, 9.17) is 11.6 Å². The summed E-state index contributed by atoms with van der Waals surface area (Å²) < 4.78 is 1.87. The summed E-state index contributed by atoms with van der Waals surface area (Å²) in [6, 6.07) is 2.01. The summed E-state index contributed by atoms with van der Waals surface area (Å²) in [6.45, 7) is 2.06. The molecule has 0 radical (unpaired) electrons. The Hall–Kier alpha value is -1.29. The van der Waals surface area contributed by atoms with Gasteiger partial charge in [-0.1, -0.05) is 0 Å². The van der Waals surface area contributed by atoms with Crippen LogP contribution in [0.15, 0.2) is 24.7 Å². The summed E-state index contributed by atoms with van der Waals surface area (Å²) in [5.41, 5.74) is 1.07. The summed E-state index contributed by atoms with van der Waals surface area (Å²) in [5.74, 6) is 2.34. The van der Waals surface area contributed by atoms with Crippen molar-refractivity contribution in [2.45, 2.75) is 12.8 Å². The topological polar surface area (TPSA) is 33.4 Å². The van der Waals surface area contributed by atoms with E-state index in [2.05, 4.69) is 15.0 Å². The molecule has 5 heteroatoms. The van der Waals surface area contributed by atoms with Gasteiger partial charge in [-0.25, -0.2) is 9.50 Å². The number of aromatic nitrogens is 3. The highest BCUT2D eigenvalue weighted by Gasteiger charge is 2.21. The molecule has 2 aromatic heterocycles. The van der Waals surface area contributed by atoms with E-state index in [1.54, 1.807) is 6.20 Å². The van der Waals surface area contributed by atoms with Gasteiger partial charge in [0.15, 0.2) is 5.82 Å². The van der Waals surface area contributed by atoms with Gasteiger partial charge in [-0.15, -0.1) is 11.6 Å². The van der Waals surface area contributed by atoms with E-state index >= 15 is 0 Å². The minimum atomic E-state index is 0.579. The van der Waals surface area contributed by atoms with Crippen LogP contribution in [0.2, 0.25) is 0 Å². The molecule has 0 amide bonds. The number of alkyl halides is 1. The largest absolute Gasteiger partial charge is 0.355 e. The molecule has 1 aliphatic heterocycles. The number of halogens is 1. The lowest BCUT2D eigenvalue weighted by molar-refractivity contribution is 0.449. The van der Waals surface area contributed by atoms with Gasteiger partial charge < -0.3 is 4.90 Å². The minimum Gasteiger partial charge on any atom is -0.355 e. The third-order valence-corrected chi connectivity index (χ3v) is 3.78. The molecule has 0 spiro atoms. The molecule has 2 aromatic rings. The Labute approximate surface area is 105 Å². The fourth-order valence-electron chi connectivity index (χ4n) is 2.47. The van der Waals surface area contributed by atoms with Gasteiger partial charge in [-0.2, -0.15) is 5.10 Å². The molecular formula is C12H15ClN4. The fourth-order valence-corrected chi connectivity index (χ4v) is 2.72. The summed E-state index contributed by atoms with van der Waals surface area (Å²) in [5, 5.41) is 4.24. The minimum absolute atomic E-state index is 0.579. The second-order valence-corrected chi connectivity index (χ2v) is 4.83. The molecule has 0 bridgehead atoms. The molecule has 0 aliphatic carbocycles. The maximum Gasteiger partial charge on any atom is 0.154 e. The van der Waals surface area contributed by atoms with E-state index in [1.165, 1.54) is 12.8 Å². The van der Waals surface area contributed by atoms with Gasteiger partial charge in [-0.3, -0.25) is 0 Å². The summed E-state index contributed by atoms with van der Waals surface area (Å²) >= 11 is 5.97. The first-order valence-corrected chi connectivity index (χ1v) is 6.51. The Bertz CT molecular complexity index is 510. The van der Waals surface area contributed by atoms with Crippen LogP contribution in [0.4, 0.5) is 5.82 Å². The van der Waals surface area contributed by atoms with Gasteiger partial charge in [0.1, 0.15) is 5.52 Å². The molecule has 1 fully saturated rings. The molecule has 3 heterocycles. The monoisotopic (exact) mass is 250 g/mol. The smallest absolute Gasteiger partial charge is 0.154 e. The first kappa shape index (κ1) is 10.8. The molecule has 1 atom stereocenters. The Kier molecular flexibility index (Phi) is 2.89. The van der Waals surface area contributed by atoms with Crippen molar-refractivity contribution in [3.63, 3.8) is 0 Å². The standard InChI is InChI=1S/C12H15ClN4/c13-8-10-2-1-6-16(9-10)12-11-3-4-15-17(11)7-5-14-12/h3-5,7,10H,1-2,6,8-9H2. The maximum absolute atomic E-state index is 5.97. The van der Waals surface area contributed by atoms with Crippen molar-refractivity contribution in [3.8, 4) is 0 Å². The van der Waals surface area contributed by atoms with Gasteiger partial charge in [0.05, 0.1) is 6.20 Å². The molecule has 0 aromatic carbocycles. The number of anilines is 1. The van der Waals surface area contributed by atoms with Crippen molar-refractivity contribution < 1.29 is 0 Å². The number of piperidine rings is 1. The highest BCUT2D eigenvalue weighted by Crippen LogP contribution is 2.25.